The summed E-state index contributed by atoms with van der Waals surface area (Å²) in [6.45, 7) is 18.9. The number of anilines is 3. The Morgan fingerprint density at radius 3 is 2.19 bits per heavy atom. The fourth-order valence-electron chi connectivity index (χ4n) is 5.82. The maximum Gasteiger partial charge on any atom is 0.420 e. The molecule has 1 unspecified atom stereocenters. The van der Waals surface area contributed by atoms with Crippen molar-refractivity contribution in [2.24, 2.45) is 0 Å². The maximum atomic E-state index is 14.0. The lowest BCUT2D eigenvalue weighted by Gasteiger charge is -2.34. The van der Waals surface area contributed by atoms with E-state index in [1.807, 2.05) is 67.5 Å². The number of ether oxygens (including phenoxy) is 4. The molecule has 2 aromatic heterocycles. The molecule has 2 saturated heterocycles. The monoisotopic (exact) mass is 595 g/mol. The van der Waals surface area contributed by atoms with Crippen LogP contribution >= 0.6 is 0 Å². The predicted molar refractivity (Wildman–Crippen MR) is 163 cm³/mol. The topological polar surface area (TPSA) is 107 Å². The van der Waals surface area contributed by atoms with Gasteiger partial charge in [0.25, 0.3) is 0 Å². The number of aromatic nitrogens is 2. The highest BCUT2D eigenvalue weighted by atomic mass is 16.6. The zero-order valence-corrected chi connectivity index (χ0v) is 26.7. The van der Waals surface area contributed by atoms with Crippen molar-refractivity contribution < 1.29 is 28.5 Å². The number of morpholine rings is 1. The van der Waals surface area contributed by atoms with Crippen molar-refractivity contribution in [1.82, 2.24) is 14.9 Å². The molecule has 43 heavy (non-hydrogen) atoms. The van der Waals surface area contributed by atoms with Gasteiger partial charge in [-0.05, 0) is 80.4 Å². The minimum atomic E-state index is -0.725. The number of amides is 2. The summed E-state index contributed by atoms with van der Waals surface area (Å²) >= 11 is 0. The molecular weight excluding hydrogens is 550 g/mol. The first-order chi connectivity index (χ1) is 20.2. The molecule has 234 valence electrons. The average molecular weight is 596 g/mol. The molecule has 0 aromatic carbocycles. The molecule has 0 radical (unpaired) electrons. The summed E-state index contributed by atoms with van der Waals surface area (Å²) in [5, 5.41) is 0. The molecule has 5 rings (SSSR count). The van der Waals surface area contributed by atoms with E-state index < -0.39 is 23.4 Å². The van der Waals surface area contributed by atoms with Crippen molar-refractivity contribution in [3.05, 3.63) is 35.3 Å². The standard InChI is InChI=1S/C32H45N5O6/c1-20-27-25(19-23(34-20)22-10-13-36(14-11-22)29(38)42-31(3,4)5)37(30(39)43-32(6,7)8)28-26(21(2)41-27)24(9-12-33-28)35-15-17-40-18-16-35/h9,12,19,21-22H,10-11,13-18H2,1-8H3. The van der Waals surface area contributed by atoms with Crippen LogP contribution in [0.5, 0.6) is 5.75 Å². The number of fused-ring (bicyclic) bond motifs is 2. The summed E-state index contributed by atoms with van der Waals surface area (Å²) in [6, 6.07) is 3.91. The van der Waals surface area contributed by atoms with Gasteiger partial charge >= 0.3 is 12.2 Å². The lowest BCUT2D eigenvalue weighted by Crippen LogP contribution is -2.41. The smallest absolute Gasteiger partial charge is 0.420 e. The molecule has 2 fully saturated rings. The average Bonchev–Trinajstić information content (AvgIpc) is 3.06. The Balaban J connectivity index is 1.54. The largest absolute Gasteiger partial charge is 0.482 e. The van der Waals surface area contributed by atoms with Crippen LogP contribution in [0.1, 0.15) is 90.3 Å². The van der Waals surface area contributed by atoms with Crippen molar-refractivity contribution in [2.75, 3.05) is 49.2 Å². The van der Waals surface area contributed by atoms with E-state index in [1.54, 1.807) is 16.0 Å². The van der Waals surface area contributed by atoms with Gasteiger partial charge in [0.2, 0.25) is 0 Å². The van der Waals surface area contributed by atoms with Crippen molar-refractivity contribution >= 4 is 29.4 Å². The molecule has 3 aliphatic heterocycles. The van der Waals surface area contributed by atoms with E-state index in [0.717, 1.165) is 42.9 Å². The Hall–Kier alpha value is -3.60. The second-order valence-electron chi connectivity index (χ2n) is 13.5. The molecular formula is C32H45N5O6. The first-order valence-electron chi connectivity index (χ1n) is 15.2. The number of rotatable bonds is 2. The first kappa shape index (κ1) is 30.8. The summed E-state index contributed by atoms with van der Waals surface area (Å²) in [5.74, 6) is 1.11. The van der Waals surface area contributed by atoms with Crippen molar-refractivity contribution in [2.45, 2.75) is 91.5 Å². The normalized spacial score (nSPS) is 19.6. The van der Waals surface area contributed by atoms with Gasteiger partial charge in [0.15, 0.2) is 11.6 Å². The summed E-state index contributed by atoms with van der Waals surface area (Å²) in [5.41, 5.74) is 2.60. The number of likely N-dealkylation sites (tertiary alicyclic amines) is 1. The molecule has 2 amide bonds. The Morgan fingerprint density at radius 2 is 1.56 bits per heavy atom. The van der Waals surface area contributed by atoms with Crippen LogP contribution in [0.3, 0.4) is 0 Å². The Labute approximate surface area is 254 Å². The Morgan fingerprint density at radius 1 is 0.930 bits per heavy atom. The van der Waals surface area contributed by atoms with E-state index >= 15 is 0 Å². The highest BCUT2D eigenvalue weighted by Gasteiger charge is 2.38. The number of carbonyl (C=O) groups excluding carboxylic acids is 2. The zero-order valence-electron chi connectivity index (χ0n) is 26.7. The summed E-state index contributed by atoms with van der Waals surface area (Å²) in [6.07, 6.45) is 1.95. The minimum Gasteiger partial charge on any atom is -0.482 e. The van der Waals surface area contributed by atoms with Crippen LogP contribution in [0.2, 0.25) is 0 Å². The molecule has 0 spiro atoms. The van der Waals surface area contributed by atoms with Gasteiger partial charge in [0.1, 0.15) is 17.3 Å². The number of carbonyl (C=O) groups is 2. The SMILES string of the molecule is Cc1nc(C2CCN(C(=O)OC(C)(C)C)CC2)cc2c1OC(C)c1c(N3CCOCC3)ccnc1N2C(=O)OC(C)(C)C. The summed E-state index contributed by atoms with van der Waals surface area (Å²) in [7, 11) is 0. The molecule has 5 heterocycles. The van der Waals surface area contributed by atoms with Gasteiger partial charge < -0.3 is 28.7 Å². The Bertz CT molecular complexity index is 1350. The lowest BCUT2D eigenvalue weighted by atomic mass is 9.92. The van der Waals surface area contributed by atoms with Gasteiger partial charge in [0.05, 0.1) is 30.2 Å². The first-order valence-corrected chi connectivity index (χ1v) is 15.2. The molecule has 11 nitrogen and oxygen atoms in total. The third-order valence-corrected chi connectivity index (χ3v) is 7.74. The van der Waals surface area contributed by atoms with Gasteiger partial charge in [-0.15, -0.1) is 0 Å². The summed E-state index contributed by atoms with van der Waals surface area (Å²) < 4.78 is 23.7. The van der Waals surface area contributed by atoms with Crippen LogP contribution in [0, 0.1) is 6.92 Å². The number of nitrogens with zero attached hydrogens (tertiary/aromatic N) is 5. The van der Waals surface area contributed by atoms with E-state index in [9.17, 15) is 9.59 Å². The molecule has 0 aliphatic carbocycles. The number of pyridine rings is 2. The minimum absolute atomic E-state index is 0.0935. The van der Waals surface area contributed by atoms with Gasteiger partial charge in [-0.3, -0.25) is 4.98 Å². The van der Waals surface area contributed by atoms with E-state index in [2.05, 4.69) is 4.90 Å². The number of hydrogen-bond donors (Lipinski definition) is 0. The maximum absolute atomic E-state index is 14.0. The quantitative estimate of drug-likeness (QED) is 0.397. The van der Waals surface area contributed by atoms with Crippen LogP contribution < -0.4 is 14.5 Å². The zero-order chi connectivity index (χ0) is 31.1. The number of hydrogen-bond acceptors (Lipinski definition) is 9. The molecule has 0 bridgehead atoms. The molecule has 1 atom stereocenters. The molecule has 3 aliphatic rings. The fourth-order valence-corrected chi connectivity index (χ4v) is 5.82. The van der Waals surface area contributed by atoms with Crippen LogP contribution in [-0.2, 0) is 14.2 Å². The van der Waals surface area contributed by atoms with E-state index in [0.29, 0.717) is 49.3 Å². The van der Waals surface area contributed by atoms with Crippen LogP contribution in [-0.4, -0.2) is 77.6 Å². The van der Waals surface area contributed by atoms with Gasteiger partial charge in [0, 0.05) is 49.7 Å². The third kappa shape index (κ3) is 6.82. The van der Waals surface area contributed by atoms with E-state index in [1.165, 1.54) is 0 Å². The van der Waals surface area contributed by atoms with Crippen molar-refractivity contribution in [3.8, 4) is 5.75 Å². The third-order valence-electron chi connectivity index (χ3n) is 7.74. The van der Waals surface area contributed by atoms with Crippen LogP contribution in [0.4, 0.5) is 26.8 Å². The number of aryl methyl sites for hydroxylation is 1. The van der Waals surface area contributed by atoms with Gasteiger partial charge in [-0.1, -0.05) is 0 Å². The predicted octanol–water partition coefficient (Wildman–Crippen LogP) is 6.26. The highest BCUT2D eigenvalue weighted by molar-refractivity contribution is 5.99. The Kier molecular flexibility index (Phi) is 8.48. The lowest BCUT2D eigenvalue weighted by molar-refractivity contribution is 0.0203. The highest BCUT2D eigenvalue weighted by Crippen LogP contribution is 2.48. The molecule has 11 heteroatoms. The van der Waals surface area contributed by atoms with Crippen LogP contribution in [0.25, 0.3) is 0 Å². The van der Waals surface area contributed by atoms with Gasteiger partial charge in [-0.2, -0.15) is 0 Å². The van der Waals surface area contributed by atoms with Gasteiger partial charge in [-0.25, -0.2) is 19.5 Å². The molecule has 0 saturated carbocycles. The van der Waals surface area contributed by atoms with E-state index in [4.69, 9.17) is 28.9 Å². The van der Waals surface area contributed by atoms with Crippen LogP contribution in [0.15, 0.2) is 18.3 Å². The second-order valence-corrected chi connectivity index (χ2v) is 13.5. The molecule has 2 aromatic rings. The van der Waals surface area contributed by atoms with Crippen molar-refractivity contribution in [1.29, 1.82) is 0 Å². The number of piperidine rings is 1. The summed E-state index contributed by atoms with van der Waals surface area (Å²) in [4.78, 5) is 42.0. The fraction of sp³-hybridized carbons (Fsp3) is 0.625. The van der Waals surface area contributed by atoms with Crippen molar-refractivity contribution in [3.63, 3.8) is 0 Å². The second kappa shape index (κ2) is 11.8. The molecule has 0 N–H and O–H groups in total. The van der Waals surface area contributed by atoms with E-state index in [-0.39, 0.29) is 12.0 Å².